The highest BCUT2D eigenvalue weighted by molar-refractivity contribution is 5.70. The molecule has 2 heterocycles. The van der Waals surface area contributed by atoms with Crippen LogP contribution in [0.4, 0.5) is 0 Å². The summed E-state index contributed by atoms with van der Waals surface area (Å²) in [6, 6.07) is 1.67. The van der Waals surface area contributed by atoms with Crippen molar-refractivity contribution in [2.24, 2.45) is 5.92 Å². The predicted octanol–water partition coefficient (Wildman–Crippen LogP) is 1.66. The van der Waals surface area contributed by atoms with Crippen LogP contribution in [-0.4, -0.2) is 31.2 Å². The molecule has 0 spiro atoms. The van der Waals surface area contributed by atoms with E-state index in [2.05, 4.69) is 20.1 Å². The largest absolute Gasteiger partial charge is 0.481 e. The van der Waals surface area contributed by atoms with Crippen LogP contribution in [0.5, 0.6) is 0 Å². The summed E-state index contributed by atoms with van der Waals surface area (Å²) in [6.45, 7) is 5.10. The average Bonchev–Trinajstić information content (AvgIpc) is 2.86. The Bertz CT molecular complexity index is 596. The van der Waals surface area contributed by atoms with Gasteiger partial charge in [-0.25, -0.2) is 9.97 Å². The molecule has 100 valence electrons. The smallest absolute Gasteiger partial charge is 0.307 e. The molecule has 0 saturated heterocycles. The minimum atomic E-state index is -0.898. The lowest BCUT2D eigenvalue weighted by Crippen LogP contribution is -2.16. The van der Waals surface area contributed by atoms with Crippen molar-refractivity contribution in [1.29, 1.82) is 0 Å². The van der Waals surface area contributed by atoms with Gasteiger partial charge in [0.25, 0.3) is 0 Å². The van der Waals surface area contributed by atoms with Gasteiger partial charge < -0.3 is 9.63 Å². The number of hydrogen-bond acceptors (Lipinski definition) is 6. The Morgan fingerprint density at radius 3 is 2.74 bits per heavy atom. The predicted molar refractivity (Wildman–Crippen MR) is 65.3 cm³/mol. The van der Waals surface area contributed by atoms with Crippen molar-refractivity contribution in [2.45, 2.75) is 26.7 Å². The third kappa shape index (κ3) is 2.75. The average molecular weight is 262 g/mol. The first kappa shape index (κ1) is 13.1. The molecule has 2 aromatic rings. The van der Waals surface area contributed by atoms with Gasteiger partial charge in [-0.15, -0.1) is 0 Å². The van der Waals surface area contributed by atoms with Crippen LogP contribution in [0.1, 0.15) is 31.5 Å². The molecule has 2 rings (SSSR count). The lowest BCUT2D eigenvalue weighted by atomic mass is 9.96. The summed E-state index contributed by atoms with van der Waals surface area (Å²) < 4.78 is 5.11. The zero-order valence-corrected chi connectivity index (χ0v) is 10.9. The third-order valence-electron chi connectivity index (χ3n) is 2.98. The molecular weight excluding hydrogens is 248 g/mol. The second kappa shape index (κ2) is 5.13. The molecule has 0 aliphatic carbocycles. The Labute approximate surface area is 109 Å². The highest BCUT2D eigenvalue weighted by Gasteiger charge is 2.26. The molecule has 0 fully saturated rings. The van der Waals surface area contributed by atoms with Crippen molar-refractivity contribution in [2.75, 3.05) is 0 Å². The van der Waals surface area contributed by atoms with Gasteiger partial charge in [0.05, 0.1) is 5.92 Å². The Morgan fingerprint density at radius 2 is 2.11 bits per heavy atom. The first-order valence-electron chi connectivity index (χ1n) is 5.85. The van der Waals surface area contributed by atoms with Gasteiger partial charge in [-0.3, -0.25) is 4.79 Å². The third-order valence-corrected chi connectivity index (χ3v) is 2.98. The van der Waals surface area contributed by atoms with Crippen molar-refractivity contribution in [3.05, 3.63) is 24.0 Å². The summed E-state index contributed by atoms with van der Waals surface area (Å²) in [5.74, 6) is -0.617. The Morgan fingerprint density at radius 1 is 1.37 bits per heavy atom. The van der Waals surface area contributed by atoms with Crippen LogP contribution in [0, 0.1) is 12.8 Å². The van der Waals surface area contributed by atoms with Gasteiger partial charge in [0, 0.05) is 12.1 Å². The van der Waals surface area contributed by atoms with E-state index in [9.17, 15) is 4.79 Å². The summed E-state index contributed by atoms with van der Waals surface area (Å²) in [6.07, 6.45) is 1.61. The van der Waals surface area contributed by atoms with Crippen LogP contribution < -0.4 is 0 Å². The van der Waals surface area contributed by atoms with Gasteiger partial charge in [0.15, 0.2) is 0 Å². The van der Waals surface area contributed by atoms with Gasteiger partial charge in [-0.05, 0) is 13.0 Å². The van der Waals surface area contributed by atoms with E-state index in [1.165, 1.54) is 0 Å². The van der Waals surface area contributed by atoms with Crippen molar-refractivity contribution >= 4 is 5.97 Å². The van der Waals surface area contributed by atoms with Gasteiger partial charge in [0.1, 0.15) is 11.5 Å². The van der Waals surface area contributed by atoms with Crippen LogP contribution in [0.3, 0.4) is 0 Å². The first-order chi connectivity index (χ1) is 8.99. The molecule has 7 nitrogen and oxygen atoms in total. The molecule has 0 bridgehead atoms. The molecule has 0 amide bonds. The van der Waals surface area contributed by atoms with E-state index in [-0.39, 0.29) is 5.92 Å². The van der Waals surface area contributed by atoms with E-state index < -0.39 is 11.9 Å². The van der Waals surface area contributed by atoms with E-state index in [4.69, 9.17) is 9.63 Å². The fourth-order valence-corrected chi connectivity index (χ4v) is 1.53. The van der Waals surface area contributed by atoms with Gasteiger partial charge in [-0.2, -0.15) is 4.98 Å². The quantitative estimate of drug-likeness (QED) is 0.893. The zero-order chi connectivity index (χ0) is 14.0. The molecule has 1 N–H and O–H groups in total. The molecule has 0 aliphatic heterocycles. The topological polar surface area (TPSA) is 102 Å². The van der Waals surface area contributed by atoms with Crippen LogP contribution in [0.25, 0.3) is 11.5 Å². The number of aliphatic carboxylic acids is 1. The monoisotopic (exact) mass is 262 g/mol. The normalized spacial score (nSPS) is 14.1. The van der Waals surface area contributed by atoms with E-state index in [1.807, 2.05) is 0 Å². The second-order valence-corrected chi connectivity index (χ2v) is 4.36. The summed E-state index contributed by atoms with van der Waals surface area (Å²) in [5, 5.41) is 12.8. The maximum atomic E-state index is 10.9. The lowest BCUT2D eigenvalue weighted by molar-refractivity contribution is -0.141. The molecule has 7 heteroatoms. The molecule has 0 saturated carbocycles. The molecular formula is C12H14N4O3. The highest BCUT2D eigenvalue weighted by atomic mass is 16.5. The minimum absolute atomic E-state index is 0.293. The number of nitrogens with zero attached hydrogens (tertiary/aromatic N) is 4. The summed E-state index contributed by atoms with van der Waals surface area (Å²) >= 11 is 0. The Balaban J connectivity index is 2.26. The highest BCUT2D eigenvalue weighted by Crippen LogP contribution is 2.24. The van der Waals surface area contributed by atoms with Crippen LogP contribution in [0.2, 0.25) is 0 Å². The van der Waals surface area contributed by atoms with Crippen LogP contribution >= 0.6 is 0 Å². The summed E-state index contributed by atoms with van der Waals surface area (Å²) in [4.78, 5) is 23.3. The van der Waals surface area contributed by atoms with Gasteiger partial charge in [0.2, 0.25) is 11.7 Å². The van der Waals surface area contributed by atoms with Gasteiger partial charge >= 0.3 is 5.97 Å². The number of carboxylic acids is 1. The van der Waals surface area contributed by atoms with Crippen LogP contribution in [-0.2, 0) is 4.79 Å². The fourth-order valence-electron chi connectivity index (χ4n) is 1.53. The number of carbonyl (C=O) groups is 1. The van der Waals surface area contributed by atoms with Crippen LogP contribution in [0.15, 0.2) is 16.8 Å². The number of hydrogen-bond donors (Lipinski definition) is 1. The second-order valence-electron chi connectivity index (χ2n) is 4.36. The lowest BCUT2D eigenvalue weighted by Gasteiger charge is -2.10. The Kier molecular flexibility index (Phi) is 3.55. The standard InChI is InChI=1S/C12H14N4O3/c1-6(7(2)12(17)18)11-15-10(16-19-11)9-4-5-13-8(3)14-9/h4-7H,1-3H3,(H,17,18). The molecule has 2 aromatic heterocycles. The Hall–Kier alpha value is -2.31. The van der Waals surface area contributed by atoms with Crippen molar-refractivity contribution in [3.63, 3.8) is 0 Å². The van der Waals surface area contributed by atoms with Crippen molar-refractivity contribution < 1.29 is 14.4 Å². The molecule has 0 aromatic carbocycles. The van der Waals surface area contributed by atoms with Crippen molar-refractivity contribution in [3.8, 4) is 11.5 Å². The van der Waals surface area contributed by atoms with E-state index in [1.54, 1.807) is 33.0 Å². The maximum Gasteiger partial charge on any atom is 0.307 e. The number of aryl methyl sites for hydroxylation is 1. The minimum Gasteiger partial charge on any atom is -0.481 e. The fraction of sp³-hybridized carbons (Fsp3) is 0.417. The van der Waals surface area contributed by atoms with E-state index in [0.717, 1.165) is 0 Å². The maximum absolute atomic E-state index is 10.9. The number of carboxylic acid groups (broad SMARTS) is 1. The summed E-state index contributed by atoms with van der Waals surface area (Å²) in [7, 11) is 0. The van der Waals surface area contributed by atoms with E-state index >= 15 is 0 Å². The molecule has 0 radical (unpaired) electrons. The SMILES string of the molecule is Cc1nccc(-c2noc(C(C)C(C)C(=O)O)n2)n1. The first-order valence-corrected chi connectivity index (χ1v) is 5.85. The molecule has 2 atom stereocenters. The number of rotatable bonds is 4. The zero-order valence-electron chi connectivity index (χ0n) is 10.9. The van der Waals surface area contributed by atoms with Gasteiger partial charge in [-0.1, -0.05) is 19.0 Å². The van der Waals surface area contributed by atoms with Crippen molar-refractivity contribution in [1.82, 2.24) is 20.1 Å². The number of aromatic nitrogens is 4. The van der Waals surface area contributed by atoms with E-state index in [0.29, 0.717) is 23.2 Å². The summed E-state index contributed by atoms with van der Waals surface area (Å²) in [5.41, 5.74) is 0.553. The molecule has 19 heavy (non-hydrogen) atoms. The molecule has 2 unspecified atom stereocenters. The molecule has 0 aliphatic rings.